The maximum Gasteiger partial charge on any atom is 0.0647 e. The molecule has 0 amide bonds. The molecule has 0 aromatic carbocycles. The predicted octanol–water partition coefficient (Wildman–Crippen LogP) is -0.123. The van der Waals surface area contributed by atoms with Gasteiger partial charge in [0.1, 0.15) is 0 Å². The molecule has 1 atom stereocenters. The number of hydrogen-bond donors (Lipinski definition) is 2. The lowest BCUT2D eigenvalue weighted by Gasteiger charge is -2.32. The average Bonchev–Trinajstić information content (AvgIpc) is 1.89. The third-order valence-corrected chi connectivity index (χ3v) is 1.96. The highest BCUT2D eigenvalue weighted by atomic mass is 16.5. The van der Waals surface area contributed by atoms with Crippen LogP contribution in [0, 0.1) is 0 Å². The minimum Gasteiger partial charge on any atom is -0.396 e. The maximum atomic E-state index is 8.65. The third-order valence-electron chi connectivity index (χ3n) is 1.96. The highest BCUT2D eigenvalue weighted by Gasteiger charge is 2.27. The van der Waals surface area contributed by atoms with Gasteiger partial charge in [0.2, 0.25) is 0 Å². The van der Waals surface area contributed by atoms with E-state index in [2.05, 4.69) is 0 Å². The summed E-state index contributed by atoms with van der Waals surface area (Å²) in [6.07, 6.45) is 2.66. The van der Waals surface area contributed by atoms with Gasteiger partial charge in [-0.2, -0.15) is 0 Å². The van der Waals surface area contributed by atoms with Gasteiger partial charge in [0.25, 0.3) is 0 Å². The number of rotatable bonds is 2. The highest BCUT2D eigenvalue weighted by Crippen LogP contribution is 2.18. The van der Waals surface area contributed by atoms with Gasteiger partial charge >= 0.3 is 0 Å². The van der Waals surface area contributed by atoms with Crippen molar-refractivity contribution in [2.24, 2.45) is 5.73 Å². The van der Waals surface area contributed by atoms with Crippen molar-refractivity contribution in [3.05, 3.63) is 0 Å². The zero-order chi connectivity index (χ0) is 7.45. The van der Waals surface area contributed by atoms with Crippen LogP contribution in [0.2, 0.25) is 0 Å². The topological polar surface area (TPSA) is 55.5 Å². The van der Waals surface area contributed by atoms with Gasteiger partial charge in [-0.1, -0.05) is 0 Å². The number of aliphatic hydroxyl groups is 1. The Labute approximate surface area is 61.2 Å². The van der Waals surface area contributed by atoms with Crippen molar-refractivity contribution in [1.29, 1.82) is 0 Å². The lowest BCUT2D eigenvalue weighted by Crippen LogP contribution is -2.48. The fraction of sp³-hybridized carbons (Fsp3) is 1.00. The Morgan fingerprint density at radius 3 is 2.90 bits per heavy atom. The van der Waals surface area contributed by atoms with Gasteiger partial charge in [-0.25, -0.2) is 0 Å². The van der Waals surface area contributed by atoms with Gasteiger partial charge < -0.3 is 15.6 Å². The zero-order valence-corrected chi connectivity index (χ0v) is 6.18. The Kier molecular flexibility index (Phi) is 2.65. The van der Waals surface area contributed by atoms with Crippen LogP contribution in [-0.2, 0) is 4.74 Å². The van der Waals surface area contributed by atoms with E-state index in [1.807, 2.05) is 0 Å². The monoisotopic (exact) mass is 145 g/mol. The molecule has 0 aromatic heterocycles. The molecule has 0 spiro atoms. The van der Waals surface area contributed by atoms with Crippen molar-refractivity contribution in [3.63, 3.8) is 0 Å². The lowest BCUT2D eigenvalue weighted by atomic mass is 9.91. The third kappa shape index (κ3) is 1.94. The van der Waals surface area contributed by atoms with E-state index in [4.69, 9.17) is 15.6 Å². The molecule has 3 nitrogen and oxygen atoms in total. The summed E-state index contributed by atoms with van der Waals surface area (Å²) in [6.45, 7) is 1.60. The Hall–Kier alpha value is -0.120. The predicted molar refractivity (Wildman–Crippen MR) is 38.7 cm³/mol. The van der Waals surface area contributed by atoms with Crippen LogP contribution < -0.4 is 5.73 Å². The molecule has 10 heavy (non-hydrogen) atoms. The van der Waals surface area contributed by atoms with Crippen molar-refractivity contribution < 1.29 is 9.84 Å². The molecule has 1 heterocycles. The van der Waals surface area contributed by atoms with Crippen molar-refractivity contribution in [2.75, 3.05) is 19.8 Å². The number of hydrogen-bond acceptors (Lipinski definition) is 3. The van der Waals surface area contributed by atoms with E-state index in [0.29, 0.717) is 13.0 Å². The molecule has 60 valence electrons. The first-order chi connectivity index (χ1) is 4.77. The molecule has 0 aromatic rings. The number of ether oxygens (including phenoxy) is 1. The minimum absolute atomic E-state index is 0.167. The fourth-order valence-corrected chi connectivity index (χ4v) is 1.29. The zero-order valence-electron chi connectivity index (χ0n) is 6.18. The molecule has 0 radical (unpaired) electrons. The van der Waals surface area contributed by atoms with E-state index < -0.39 is 0 Å². The summed E-state index contributed by atoms with van der Waals surface area (Å²) in [5, 5.41) is 8.65. The van der Waals surface area contributed by atoms with E-state index in [9.17, 15) is 0 Å². The van der Waals surface area contributed by atoms with Gasteiger partial charge in [-0.3, -0.25) is 0 Å². The first kappa shape index (κ1) is 7.98. The summed E-state index contributed by atoms with van der Waals surface area (Å²) < 4.78 is 5.20. The lowest BCUT2D eigenvalue weighted by molar-refractivity contribution is 0.0273. The Bertz CT molecular complexity index is 94.3. The second-order valence-corrected chi connectivity index (χ2v) is 2.99. The molecule has 1 aliphatic heterocycles. The van der Waals surface area contributed by atoms with Gasteiger partial charge in [-0.05, 0) is 19.3 Å². The smallest absolute Gasteiger partial charge is 0.0647 e. The molecule has 0 bridgehead atoms. The minimum atomic E-state index is -0.243. The van der Waals surface area contributed by atoms with Crippen LogP contribution in [0.25, 0.3) is 0 Å². The molecule has 1 saturated heterocycles. The largest absolute Gasteiger partial charge is 0.396 e. The molecule has 0 aliphatic carbocycles. The SMILES string of the molecule is NC1(CCO)CCCOC1. The highest BCUT2D eigenvalue weighted by molar-refractivity contribution is 4.85. The van der Waals surface area contributed by atoms with Crippen LogP contribution in [-0.4, -0.2) is 30.5 Å². The van der Waals surface area contributed by atoms with Crippen LogP contribution in [0.4, 0.5) is 0 Å². The second-order valence-electron chi connectivity index (χ2n) is 2.99. The standard InChI is InChI=1S/C7H15NO2/c8-7(3-4-9)2-1-5-10-6-7/h9H,1-6,8H2. The summed E-state index contributed by atoms with van der Waals surface area (Å²) >= 11 is 0. The van der Waals surface area contributed by atoms with Crippen LogP contribution in [0.15, 0.2) is 0 Å². The van der Waals surface area contributed by atoms with Crippen LogP contribution in [0.3, 0.4) is 0 Å². The molecule has 1 fully saturated rings. The molecule has 3 N–H and O–H groups in total. The van der Waals surface area contributed by atoms with Crippen molar-refractivity contribution >= 4 is 0 Å². The summed E-state index contributed by atoms with van der Waals surface area (Å²) in [6, 6.07) is 0. The van der Waals surface area contributed by atoms with Gasteiger partial charge in [0.05, 0.1) is 6.61 Å². The van der Waals surface area contributed by atoms with Gasteiger partial charge in [0, 0.05) is 18.8 Å². The average molecular weight is 145 g/mol. The molecule has 1 unspecified atom stereocenters. The molecular formula is C7H15NO2. The maximum absolute atomic E-state index is 8.65. The first-order valence-corrected chi connectivity index (χ1v) is 3.74. The summed E-state index contributed by atoms with van der Waals surface area (Å²) in [7, 11) is 0. The summed E-state index contributed by atoms with van der Waals surface area (Å²) in [4.78, 5) is 0. The Morgan fingerprint density at radius 2 is 2.40 bits per heavy atom. The van der Waals surface area contributed by atoms with Gasteiger partial charge in [0.15, 0.2) is 0 Å². The molecule has 3 heteroatoms. The van der Waals surface area contributed by atoms with Crippen molar-refractivity contribution in [1.82, 2.24) is 0 Å². The van der Waals surface area contributed by atoms with Crippen LogP contribution >= 0.6 is 0 Å². The first-order valence-electron chi connectivity index (χ1n) is 3.74. The summed E-state index contributed by atoms with van der Waals surface area (Å²) in [5.74, 6) is 0. The summed E-state index contributed by atoms with van der Waals surface area (Å²) in [5.41, 5.74) is 5.64. The molecule has 1 aliphatic rings. The molecule has 1 rings (SSSR count). The van der Waals surface area contributed by atoms with Crippen LogP contribution in [0.5, 0.6) is 0 Å². The van der Waals surface area contributed by atoms with E-state index >= 15 is 0 Å². The van der Waals surface area contributed by atoms with Gasteiger partial charge in [-0.15, -0.1) is 0 Å². The van der Waals surface area contributed by atoms with Crippen LogP contribution in [0.1, 0.15) is 19.3 Å². The Balaban J connectivity index is 2.32. The van der Waals surface area contributed by atoms with E-state index in [1.54, 1.807) is 0 Å². The van der Waals surface area contributed by atoms with Crippen molar-refractivity contribution in [2.45, 2.75) is 24.8 Å². The van der Waals surface area contributed by atoms with Crippen molar-refractivity contribution in [3.8, 4) is 0 Å². The normalized spacial score (nSPS) is 34.2. The van der Waals surface area contributed by atoms with E-state index in [1.165, 1.54) is 0 Å². The molecular weight excluding hydrogens is 130 g/mol. The fourth-order valence-electron chi connectivity index (χ4n) is 1.29. The Morgan fingerprint density at radius 1 is 1.60 bits per heavy atom. The van der Waals surface area contributed by atoms with E-state index in [0.717, 1.165) is 19.4 Å². The molecule has 0 saturated carbocycles. The van der Waals surface area contributed by atoms with E-state index in [-0.39, 0.29) is 12.1 Å². The quantitative estimate of drug-likeness (QED) is 0.569. The second kappa shape index (κ2) is 3.32. The number of nitrogens with two attached hydrogens (primary N) is 1. The number of aliphatic hydroxyl groups excluding tert-OH is 1.